The van der Waals surface area contributed by atoms with Crippen LogP contribution < -0.4 is 0 Å². The number of hydrogen-bond donors (Lipinski definition) is 0. The van der Waals surface area contributed by atoms with Gasteiger partial charge in [0.1, 0.15) is 11.2 Å². The lowest BCUT2D eigenvalue weighted by Crippen LogP contribution is -1.95. The summed E-state index contributed by atoms with van der Waals surface area (Å²) in [6, 6.07) is 79.2. The minimum Gasteiger partial charge on any atom is -0.456 e. The van der Waals surface area contributed by atoms with Crippen molar-refractivity contribution in [1.29, 1.82) is 0 Å². The van der Waals surface area contributed by atoms with Crippen molar-refractivity contribution < 1.29 is 4.42 Å². The minimum absolute atomic E-state index is 0.870. The molecule has 0 saturated carbocycles. The zero-order valence-corrected chi connectivity index (χ0v) is 33.1. The Bertz CT molecular complexity index is 3880. The molecule has 3 nitrogen and oxygen atoms in total. The van der Waals surface area contributed by atoms with E-state index in [4.69, 9.17) is 4.42 Å². The van der Waals surface area contributed by atoms with Gasteiger partial charge in [-0.3, -0.25) is 0 Å². The van der Waals surface area contributed by atoms with E-state index in [9.17, 15) is 0 Å². The van der Waals surface area contributed by atoms with Crippen LogP contribution in [-0.2, 0) is 0 Å². The Morgan fingerprint density at radius 3 is 1.54 bits per heavy atom. The molecule has 0 radical (unpaired) electrons. The van der Waals surface area contributed by atoms with E-state index in [1.54, 1.807) is 0 Å². The van der Waals surface area contributed by atoms with E-state index >= 15 is 0 Å². The standard InChI is InChI=1S/C58H36N2O/c1-2-18-42(19-3-1)59-52-25-9-6-21-46(52)50-33-38(28-30-54(50)59)39-29-31-55-51(34-39)47-22-7-10-26-53(47)60(55)43-35-49(58-48-23-8-11-27-56(48)61-57(58)36-43)41-17-12-16-40(32-41)45-24-13-15-37-14-4-5-20-44(37)45/h1-36H. The van der Waals surface area contributed by atoms with Gasteiger partial charge in [0, 0.05) is 44.1 Å². The number of benzene rings is 10. The van der Waals surface area contributed by atoms with Gasteiger partial charge in [0.15, 0.2) is 0 Å². The van der Waals surface area contributed by atoms with E-state index in [1.807, 2.05) is 0 Å². The molecule has 0 saturated heterocycles. The monoisotopic (exact) mass is 776 g/mol. The number of para-hydroxylation sites is 4. The number of aromatic nitrogens is 2. The van der Waals surface area contributed by atoms with Crippen molar-refractivity contribution in [2.24, 2.45) is 0 Å². The molecule has 0 atom stereocenters. The normalized spacial score (nSPS) is 11.9. The highest BCUT2D eigenvalue weighted by Crippen LogP contribution is 2.43. The summed E-state index contributed by atoms with van der Waals surface area (Å²) in [5.74, 6) is 0. The SMILES string of the molecule is c1ccc(-n2c3ccccc3c3cc(-c4ccc5c(c4)c4ccccc4n5-c4cc(-c5cccc(-c6cccc7ccccc67)c5)c5c(c4)oc4ccccc45)ccc32)cc1. The van der Waals surface area contributed by atoms with Crippen LogP contribution in [-0.4, -0.2) is 9.13 Å². The molecule has 0 N–H and O–H groups in total. The molecule has 10 aromatic carbocycles. The van der Waals surface area contributed by atoms with Gasteiger partial charge in [-0.2, -0.15) is 0 Å². The average molecular weight is 777 g/mol. The molecule has 0 fully saturated rings. The van der Waals surface area contributed by atoms with Gasteiger partial charge in [-0.1, -0.05) is 146 Å². The lowest BCUT2D eigenvalue weighted by Gasteiger charge is -2.14. The molecule has 0 spiro atoms. The van der Waals surface area contributed by atoms with Crippen LogP contribution in [0.4, 0.5) is 0 Å². The zero-order chi connectivity index (χ0) is 40.0. The van der Waals surface area contributed by atoms with Crippen molar-refractivity contribution in [3.05, 3.63) is 218 Å². The minimum atomic E-state index is 0.870. The third kappa shape index (κ3) is 5.17. The second-order valence-corrected chi connectivity index (χ2v) is 16.1. The van der Waals surface area contributed by atoms with Crippen LogP contribution in [0.1, 0.15) is 0 Å². The molecule has 284 valence electrons. The Morgan fingerprint density at radius 2 is 0.820 bits per heavy atom. The van der Waals surface area contributed by atoms with Crippen molar-refractivity contribution in [2.45, 2.75) is 0 Å². The maximum Gasteiger partial charge on any atom is 0.138 e. The highest BCUT2D eigenvalue weighted by atomic mass is 16.3. The second kappa shape index (κ2) is 13.2. The van der Waals surface area contributed by atoms with Gasteiger partial charge < -0.3 is 13.6 Å². The van der Waals surface area contributed by atoms with Crippen molar-refractivity contribution in [3.63, 3.8) is 0 Å². The van der Waals surface area contributed by atoms with Gasteiger partial charge in [-0.25, -0.2) is 0 Å². The summed E-state index contributed by atoms with van der Waals surface area (Å²) in [6.07, 6.45) is 0. The second-order valence-electron chi connectivity index (χ2n) is 16.1. The van der Waals surface area contributed by atoms with Gasteiger partial charge in [0.2, 0.25) is 0 Å². The maximum atomic E-state index is 6.71. The van der Waals surface area contributed by atoms with Crippen LogP contribution in [0.5, 0.6) is 0 Å². The number of fused-ring (bicyclic) bond motifs is 10. The van der Waals surface area contributed by atoms with Crippen molar-refractivity contribution in [3.8, 4) is 44.8 Å². The molecule has 13 aromatic rings. The first-order valence-corrected chi connectivity index (χ1v) is 20.9. The Morgan fingerprint density at radius 1 is 0.279 bits per heavy atom. The Labute approximate surface area is 351 Å². The topological polar surface area (TPSA) is 23.0 Å². The summed E-state index contributed by atoms with van der Waals surface area (Å²) in [5.41, 5.74) is 15.8. The van der Waals surface area contributed by atoms with Gasteiger partial charge in [0.05, 0.1) is 27.8 Å². The van der Waals surface area contributed by atoms with Crippen LogP contribution >= 0.6 is 0 Å². The molecule has 0 unspecified atom stereocenters. The number of hydrogen-bond acceptors (Lipinski definition) is 1. The first-order chi connectivity index (χ1) is 30.2. The molecule has 0 bridgehead atoms. The molecule has 3 heterocycles. The fourth-order valence-electron chi connectivity index (χ4n) is 9.97. The van der Waals surface area contributed by atoms with E-state index < -0.39 is 0 Å². The summed E-state index contributed by atoms with van der Waals surface area (Å²) in [4.78, 5) is 0. The van der Waals surface area contributed by atoms with Gasteiger partial charge >= 0.3 is 0 Å². The number of nitrogens with zero attached hydrogens (tertiary/aromatic N) is 2. The first kappa shape index (κ1) is 33.8. The molecule has 3 aromatic heterocycles. The fraction of sp³-hybridized carbons (Fsp3) is 0. The van der Waals surface area contributed by atoms with Crippen LogP contribution in [0.3, 0.4) is 0 Å². The lowest BCUT2D eigenvalue weighted by molar-refractivity contribution is 0.668. The van der Waals surface area contributed by atoms with Crippen LogP contribution in [0.2, 0.25) is 0 Å². The molecule has 0 aliphatic carbocycles. The zero-order valence-electron chi connectivity index (χ0n) is 33.1. The van der Waals surface area contributed by atoms with Gasteiger partial charge in [-0.15, -0.1) is 0 Å². The predicted octanol–water partition coefficient (Wildman–Crippen LogP) is 15.9. The Hall–Kier alpha value is -8.14. The lowest BCUT2D eigenvalue weighted by atomic mass is 9.93. The summed E-state index contributed by atoms with van der Waals surface area (Å²) in [6.45, 7) is 0. The fourth-order valence-corrected chi connectivity index (χ4v) is 9.97. The van der Waals surface area contributed by atoms with Crippen LogP contribution in [0, 0.1) is 0 Å². The van der Waals surface area contributed by atoms with E-state index in [-0.39, 0.29) is 0 Å². The Kier molecular flexibility index (Phi) is 7.31. The summed E-state index contributed by atoms with van der Waals surface area (Å²) < 4.78 is 11.5. The third-order valence-electron chi connectivity index (χ3n) is 12.7. The number of rotatable bonds is 5. The largest absolute Gasteiger partial charge is 0.456 e. The summed E-state index contributed by atoms with van der Waals surface area (Å²) in [7, 11) is 0. The molecule has 3 heteroatoms. The molecular formula is C58H36N2O. The average Bonchev–Trinajstić information content (AvgIpc) is 3.98. The highest BCUT2D eigenvalue weighted by molar-refractivity contribution is 6.16. The summed E-state index contributed by atoms with van der Waals surface area (Å²) >= 11 is 0. The molecular weight excluding hydrogens is 741 g/mol. The Balaban J connectivity index is 1.01. The highest BCUT2D eigenvalue weighted by Gasteiger charge is 2.20. The predicted molar refractivity (Wildman–Crippen MR) is 256 cm³/mol. The van der Waals surface area contributed by atoms with Crippen molar-refractivity contribution in [2.75, 3.05) is 0 Å². The molecule has 13 rings (SSSR count). The molecule has 0 aliphatic rings. The van der Waals surface area contributed by atoms with Crippen molar-refractivity contribution >= 4 is 76.3 Å². The van der Waals surface area contributed by atoms with E-state index in [0.717, 1.165) is 55.5 Å². The van der Waals surface area contributed by atoms with Crippen molar-refractivity contribution in [1.82, 2.24) is 9.13 Å². The van der Waals surface area contributed by atoms with E-state index in [0.29, 0.717) is 0 Å². The van der Waals surface area contributed by atoms with Gasteiger partial charge in [0.25, 0.3) is 0 Å². The van der Waals surface area contributed by atoms with Crippen LogP contribution in [0.25, 0.3) is 121 Å². The molecule has 0 aliphatic heterocycles. The van der Waals surface area contributed by atoms with E-state index in [1.165, 1.54) is 65.6 Å². The molecule has 61 heavy (non-hydrogen) atoms. The summed E-state index contributed by atoms with van der Waals surface area (Å²) in [5, 5.41) is 9.65. The maximum absolute atomic E-state index is 6.71. The first-order valence-electron chi connectivity index (χ1n) is 20.9. The smallest absolute Gasteiger partial charge is 0.138 e. The van der Waals surface area contributed by atoms with Crippen LogP contribution in [0.15, 0.2) is 223 Å². The third-order valence-corrected chi connectivity index (χ3v) is 12.7. The number of furan rings is 1. The molecule has 0 amide bonds. The quantitative estimate of drug-likeness (QED) is 0.171. The van der Waals surface area contributed by atoms with Gasteiger partial charge in [-0.05, 0) is 111 Å². The van der Waals surface area contributed by atoms with E-state index in [2.05, 4.69) is 228 Å².